The Kier molecular flexibility index (Phi) is 2.99. The molecule has 2 N–H and O–H groups in total. The molecule has 2 aromatic carbocycles. The molecule has 0 heterocycles. The highest BCUT2D eigenvalue weighted by molar-refractivity contribution is 6.03. The summed E-state index contributed by atoms with van der Waals surface area (Å²) in [7, 11) is 0. The van der Waals surface area contributed by atoms with E-state index in [0.717, 1.165) is 16.3 Å². The van der Waals surface area contributed by atoms with Crippen molar-refractivity contribution in [3.05, 3.63) is 48.0 Å². The number of ketones is 1. The van der Waals surface area contributed by atoms with Gasteiger partial charge >= 0.3 is 0 Å². The maximum absolute atomic E-state index is 12.3. The molecule has 0 aliphatic carbocycles. The van der Waals surface area contributed by atoms with Crippen molar-refractivity contribution < 1.29 is 4.79 Å². The molecule has 0 atom stereocenters. The fraction of sp³-hybridized carbons (Fsp3) is 0.267. The van der Waals surface area contributed by atoms with E-state index in [2.05, 4.69) is 0 Å². The highest BCUT2D eigenvalue weighted by atomic mass is 16.1. The van der Waals surface area contributed by atoms with Crippen LogP contribution in [-0.2, 0) is 0 Å². The Balaban J connectivity index is 2.47. The summed E-state index contributed by atoms with van der Waals surface area (Å²) in [6, 6.07) is 13.8. The Bertz CT molecular complexity index is 558. The first-order valence-electron chi connectivity index (χ1n) is 5.78. The Morgan fingerprint density at radius 2 is 1.76 bits per heavy atom. The first kappa shape index (κ1) is 11.8. The Labute approximate surface area is 101 Å². The molecule has 2 aromatic rings. The van der Waals surface area contributed by atoms with Gasteiger partial charge in [0.2, 0.25) is 0 Å². The maximum atomic E-state index is 12.3. The van der Waals surface area contributed by atoms with Crippen LogP contribution in [0.3, 0.4) is 0 Å². The second-order valence-corrected chi connectivity index (χ2v) is 4.98. The number of rotatable bonds is 3. The molecule has 0 fully saturated rings. The molecule has 2 nitrogen and oxygen atoms in total. The van der Waals surface area contributed by atoms with Gasteiger partial charge in [-0.15, -0.1) is 0 Å². The fourth-order valence-electron chi connectivity index (χ4n) is 1.81. The first-order chi connectivity index (χ1) is 8.04. The number of hydrogen-bond acceptors (Lipinski definition) is 2. The second-order valence-electron chi connectivity index (χ2n) is 4.98. The minimum Gasteiger partial charge on any atom is -0.329 e. The van der Waals surface area contributed by atoms with E-state index in [1.165, 1.54) is 0 Å². The van der Waals surface area contributed by atoms with Gasteiger partial charge in [-0.05, 0) is 16.8 Å². The first-order valence-corrected chi connectivity index (χ1v) is 5.78. The summed E-state index contributed by atoms with van der Waals surface area (Å²) in [5.74, 6) is 0.103. The quantitative estimate of drug-likeness (QED) is 0.819. The molecule has 0 saturated carbocycles. The van der Waals surface area contributed by atoms with Crippen molar-refractivity contribution in [2.75, 3.05) is 6.54 Å². The van der Waals surface area contributed by atoms with Gasteiger partial charge in [-0.3, -0.25) is 4.79 Å². The van der Waals surface area contributed by atoms with Gasteiger partial charge in [-0.25, -0.2) is 0 Å². The summed E-state index contributed by atoms with van der Waals surface area (Å²) in [5, 5.41) is 2.24. The SMILES string of the molecule is CC(C)(CN)C(=O)c1ccc2ccccc2c1. The van der Waals surface area contributed by atoms with Gasteiger partial charge in [0.15, 0.2) is 5.78 Å². The maximum Gasteiger partial charge on any atom is 0.169 e. The van der Waals surface area contributed by atoms with Crippen LogP contribution in [0.5, 0.6) is 0 Å². The van der Waals surface area contributed by atoms with Gasteiger partial charge in [0.05, 0.1) is 0 Å². The largest absolute Gasteiger partial charge is 0.329 e. The predicted molar refractivity (Wildman–Crippen MR) is 71.1 cm³/mol. The molecule has 0 aliphatic rings. The Morgan fingerprint density at radius 3 is 2.41 bits per heavy atom. The van der Waals surface area contributed by atoms with Gasteiger partial charge in [0.1, 0.15) is 0 Å². The molecule has 88 valence electrons. The minimum absolute atomic E-state index is 0.103. The van der Waals surface area contributed by atoms with Crippen molar-refractivity contribution in [2.24, 2.45) is 11.1 Å². The number of fused-ring (bicyclic) bond motifs is 1. The summed E-state index contributed by atoms with van der Waals surface area (Å²) >= 11 is 0. The van der Waals surface area contributed by atoms with Crippen molar-refractivity contribution >= 4 is 16.6 Å². The molecule has 0 unspecified atom stereocenters. The van der Waals surface area contributed by atoms with E-state index < -0.39 is 5.41 Å². The monoisotopic (exact) mass is 227 g/mol. The highest BCUT2D eigenvalue weighted by Gasteiger charge is 2.26. The zero-order chi connectivity index (χ0) is 12.5. The summed E-state index contributed by atoms with van der Waals surface area (Å²) in [4.78, 5) is 12.3. The van der Waals surface area contributed by atoms with E-state index in [9.17, 15) is 4.79 Å². The van der Waals surface area contributed by atoms with E-state index in [0.29, 0.717) is 6.54 Å². The number of carbonyl (C=O) groups excluding carboxylic acids is 1. The lowest BCUT2D eigenvalue weighted by Gasteiger charge is -2.20. The van der Waals surface area contributed by atoms with E-state index in [4.69, 9.17) is 5.73 Å². The summed E-state index contributed by atoms with van der Waals surface area (Å²) in [5.41, 5.74) is 5.87. The van der Waals surface area contributed by atoms with Crippen LogP contribution in [0.2, 0.25) is 0 Å². The van der Waals surface area contributed by atoms with Gasteiger partial charge in [0, 0.05) is 17.5 Å². The number of Topliss-reactive ketones (excluding diaryl/α,β-unsaturated/α-hetero) is 1. The van der Waals surface area contributed by atoms with Gasteiger partial charge < -0.3 is 5.73 Å². The van der Waals surface area contributed by atoms with Crippen LogP contribution < -0.4 is 5.73 Å². The third kappa shape index (κ3) is 2.22. The smallest absolute Gasteiger partial charge is 0.169 e. The number of hydrogen-bond donors (Lipinski definition) is 1. The lowest BCUT2D eigenvalue weighted by Crippen LogP contribution is -2.32. The fourth-order valence-corrected chi connectivity index (χ4v) is 1.81. The summed E-state index contributed by atoms with van der Waals surface area (Å²) in [6.07, 6.45) is 0. The van der Waals surface area contributed by atoms with E-state index >= 15 is 0 Å². The van der Waals surface area contributed by atoms with Crippen molar-refractivity contribution in [3.8, 4) is 0 Å². The second kappa shape index (κ2) is 4.30. The Morgan fingerprint density at radius 1 is 1.12 bits per heavy atom. The van der Waals surface area contributed by atoms with Crippen LogP contribution in [0.4, 0.5) is 0 Å². The topological polar surface area (TPSA) is 43.1 Å². The molecule has 0 spiro atoms. The lowest BCUT2D eigenvalue weighted by atomic mass is 9.84. The molecule has 0 radical (unpaired) electrons. The van der Waals surface area contributed by atoms with Gasteiger partial charge in [0.25, 0.3) is 0 Å². The molecule has 2 heteroatoms. The summed E-state index contributed by atoms with van der Waals surface area (Å²) in [6.45, 7) is 4.12. The van der Waals surface area contributed by atoms with Crippen molar-refractivity contribution in [3.63, 3.8) is 0 Å². The average Bonchev–Trinajstić information content (AvgIpc) is 2.37. The van der Waals surface area contributed by atoms with Crippen LogP contribution in [0, 0.1) is 5.41 Å². The molecule has 0 bridgehead atoms. The van der Waals surface area contributed by atoms with E-state index in [-0.39, 0.29) is 5.78 Å². The zero-order valence-corrected chi connectivity index (χ0v) is 10.2. The number of nitrogens with two attached hydrogens (primary N) is 1. The molecule has 0 amide bonds. The minimum atomic E-state index is -0.498. The molecule has 17 heavy (non-hydrogen) atoms. The van der Waals surface area contributed by atoms with Crippen LogP contribution in [0.25, 0.3) is 10.8 Å². The number of carbonyl (C=O) groups is 1. The molecular formula is C15H17NO. The van der Waals surface area contributed by atoms with Gasteiger partial charge in [-0.2, -0.15) is 0 Å². The standard InChI is InChI=1S/C15H17NO/c1-15(2,10-16)14(17)13-8-7-11-5-3-4-6-12(11)9-13/h3-9H,10,16H2,1-2H3. The molecule has 0 aromatic heterocycles. The van der Waals surface area contributed by atoms with Gasteiger partial charge in [-0.1, -0.05) is 50.2 Å². The molecule has 2 rings (SSSR count). The van der Waals surface area contributed by atoms with Crippen LogP contribution >= 0.6 is 0 Å². The van der Waals surface area contributed by atoms with E-state index in [1.807, 2.05) is 56.3 Å². The third-order valence-electron chi connectivity index (χ3n) is 3.14. The predicted octanol–water partition coefficient (Wildman–Crippen LogP) is 3.01. The van der Waals surface area contributed by atoms with Crippen LogP contribution in [0.15, 0.2) is 42.5 Å². The van der Waals surface area contributed by atoms with E-state index in [1.54, 1.807) is 0 Å². The molecule has 0 aliphatic heterocycles. The lowest BCUT2D eigenvalue weighted by molar-refractivity contribution is 0.0847. The van der Waals surface area contributed by atoms with Crippen molar-refractivity contribution in [1.29, 1.82) is 0 Å². The Hall–Kier alpha value is -1.67. The zero-order valence-electron chi connectivity index (χ0n) is 10.2. The highest BCUT2D eigenvalue weighted by Crippen LogP contribution is 2.23. The number of benzene rings is 2. The van der Waals surface area contributed by atoms with Crippen molar-refractivity contribution in [1.82, 2.24) is 0 Å². The van der Waals surface area contributed by atoms with Crippen LogP contribution in [-0.4, -0.2) is 12.3 Å². The van der Waals surface area contributed by atoms with Crippen LogP contribution in [0.1, 0.15) is 24.2 Å². The molecule has 0 saturated heterocycles. The molecular weight excluding hydrogens is 210 g/mol. The average molecular weight is 227 g/mol. The van der Waals surface area contributed by atoms with Crippen molar-refractivity contribution in [2.45, 2.75) is 13.8 Å². The normalized spacial score (nSPS) is 11.7. The summed E-state index contributed by atoms with van der Waals surface area (Å²) < 4.78 is 0. The third-order valence-corrected chi connectivity index (χ3v) is 3.14.